The topological polar surface area (TPSA) is 93.1 Å². The van der Waals surface area contributed by atoms with E-state index in [-0.39, 0.29) is 0 Å². The number of hydrogen-bond acceptors (Lipinski definition) is 7. The van der Waals surface area contributed by atoms with Crippen molar-refractivity contribution < 1.29 is 9.47 Å². The van der Waals surface area contributed by atoms with E-state index in [0.29, 0.717) is 35.5 Å². The van der Waals surface area contributed by atoms with Gasteiger partial charge in [-0.2, -0.15) is 0 Å². The van der Waals surface area contributed by atoms with Crippen LogP contribution in [0.3, 0.4) is 0 Å². The fourth-order valence-corrected chi connectivity index (χ4v) is 5.88. The van der Waals surface area contributed by atoms with Crippen LogP contribution in [0.5, 0.6) is 17.2 Å². The van der Waals surface area contributed by atoms with Crippen LogP contribution in [0.25, 0.3) is 33.6 Å². The maximum Gasteiger partial charge on any atom is 0.208 e. The second-order valence-corrected chi connectivity index (χ2v) is 12.0. The van der Waals surface area contributed by atoms with E-state index in [1.807, 2.05) is 55.6 Å². The predicted molar refractivity (Wildman–Crippen MR) is 180 cm³/mol. The fraction of sp³-hybridized carbons (Fsp3) is 0.306. The van der Waals surface area contributed by atoms with Crippen LogP contribution in [-0.2, 0) is 7.05 Å². The van der Waals surface area contributed by atoms with Crippen molar-refractivity contribution >= 4 is 33.7 Å². The average Bonchev–Trinajstić information content (AvgIpc) is 3.79. The Kier molecular flexibility index (Phi) is 8.09. The number of fused-ring (bicyclic) bond motifs is 2. The summed E-state index contributed by atoms with van der Waals surface area (Å²) < 4.78 is 14.4. The Bertz CT molecular complexity index is 1940. The molecule has 9 heteroatoms. The molecule has 230 valence electrons. The number of H-pyrrole nitrogens is 1. The molecule has 1 aliphatic rings. The molecule has 1 saturated heterocycles. The summed E-state index contributed by atoms with van der Waals surface area (Å²) in [6, 6.07) is 24.1. The van der Waals surface area contributed by atoms with Gasteiger partial charge in [0.25, 0.3) is 0 Å². The number of aromatic amines is 1. The fourth-order valence-electron chi connectivity index (χ4n) is 5.88. The monoisotopic (exact) mass is 601 g/mol. The van der Waals surface area contributed by atoms with Crippen molar-refractivity contribution in [3.8, 4) is 28.8 Å². The second-order valence-electron chi connectivity index (χ2n) is 12.0. The van der Waals surface area contributed by atoms with Crippen LogP contribution >= 0.6 is 0 Å². The third kappa shape index (κ3) is 6.49. The Morgan fingerprint density at radius 1 is 0.889 bits per heavy atom. The molecule has 0 atom stereocenters. The summed E-state index contributed by atoms with van der Waals surface area (Å²) in [4.78, 5) is 20.1. The quantitative estimate of drug-likeness (QED) is 0.145. The van der Waals surface area contributed by atoms with Crippen molar-refractivity contribution in [2.45, 2.75) is 39.0 Å². The number of hydrogen-bond donors (Lipinski definition) is 2. The minimum absolute atomic E-state index is 0.458. The lowest BCUT2D eigenvalue weighted by Crippen LogP contribution is -2.21. The van der Waals surface area contributed by atoms with Crippen molar-refractivity contribution in [3.63, 3.8) is 0 Å². The van der Waals surface area contributed by atoms with Gasteiger partial charge >= 0.3 is 0 Å². The lowest BCUT2D eigenvalue weighted by Gasteiger charge is -2.14. The van der Waals surface area contributed by atoms with Gasteiger partial charge in [0.2, 0.25) is 5.95 Å². The number of nitrogens with zero attached hydrogens (tertiary/aromatic N) is 5. The van der Waals surface area contributed by atoms with E-state index in [2.05, 4.69) is 62.9 Å². The molecular formula is C36H39N7O2. The van der Waals surface area contributed by atoms with Crippen molar-refractivity contribution in [3.05, 3.63) is 84.6 Å². The van der Waals surface area contributed by atoms with Crippen LogP contribution in [0.15, 0.2) is 79.0 Å². The molecular weight excluding hydrogens is 562 g/mol. The minimum Gasteiger partial charge on any atom is -0.493 e. The van der Waals surface area contributed by atoms with Gasteiger partial charge in [-0.1, -0.05) is 26.0 Å². The smallest absolute Gasteiger partial charge is 0.208 e. The molecule has 4 heterocycles. The minimum atomic E-state index is 0.458. The van der Waals surface area contributed by atoms with E-state index in [1.165, 1.54) is 31.5 Å². The zero-order valence-electron chi connectivity index (χ0n) is 26.1. The van der Waals surface area contributed by atoms with Crippen LogP contribution < -0.4 is 14.8 Å². The summed E-state index contributed by atoms with van der Waals surface area (Å²) in [6.45, 7) is 8.63. The standard InChI is InChI=1S/C36H39N7O2/c1-24(2)25-8-6-9-26(20-25)38-36-41-32-22-28(11-13-34(32)42(36)3)45-29-14-15-37-33(23-29)35-39-30-12-10-27(21-31(30)40-35)44-19-7-18-43-16-4-5-17-43/h6,8-15,20-24H,4-5,7,16-19H2,1-3H3,(H,38,41)(H,39,40). The van der Waals surface area contributed by atoms with E-state index in [9.17, 15) is 0 Å². The Hall–Kier alpha value is -4.89. The Balaban J connectivity index is 1.03. The first-order valence-electron chi connectivity index (χ1n) is 15.8. The highest BCUT2D eigenvalue weighted by atomic mass is 16.5. The molecule has 3 aromatic heterocycles. The molecule has 0 aliphatic carbocycles. The number of nitrogens with one attached hydrogen (secondary N) is 2. The largest absolute Gasteiger partial charge is 0.493 e. The van der Waals surface area contributed by atoms with Crippen molar-refractivity contribution in [1.29, 1.82) is 0 Å². The Morgan fingerprint density at radius 3 is 2.60 bits per heavy atom. The number of benzene rings is 3. The van der Waals surface area contributed by atoms with E-state index in [0.717, 1.165) is 52.4 Å². The van der Waals surface area contributed by atoms with Crippen LogP contribution in [0, 0.1) is 0 Å². The van der Waals surface area contributed by atoms with Crippen LogP contribution in [-0.4, -0.2) is 55.6 Å². The number of anilines is 2. The maximum absolute atomic E-state index is 6.27. The third-order valence-corrected chi connectivity index (χ3v) is 8.41. The van der Waals surface area contributed by atoms with Crippen molar-refractivity contribution in [2.24, 2.45) is 7.05 Å². The molecule has 0 unspecified atom stereocenters. The predicted octanol–water partition coefficient (Wildman–Crippen LogP) is 8.04. The van der Waals surface area contributed by atoms with Crippen molar-refractivity contribution in [2.75, 3.05) is 31.6 Å². The summed E-state index contributed by atoms with van der Waals surface area (Å²) >= 11 is 0. The van der Waals surface area contributed by atoms with E-state index in [1.54, 1.807) is 6.20 Å². The molecule has 7 rings (SSSR count). The molecule has 45 heavy (non-hydrogen) atoms. The third-order valence-electron chi connectivity index (χ3n) is 8.41. The van der Waals surface area contributed by atoms with E-state index < -0.39 is 0 Å². The molecule has 6 aromatic rings. The van der Waals surface area contributed by atoms with E-state index in [4.69, 9.17) is 19.4 Å². The summed E-state index contributed by atoms with van der Waals surface area (Å²) in [5.41, 5.74) is 6.63. The number of aryl methyl sites for hydroxylation is 1. The van der Waals surface area contributed by atoms with Crippen LogP contribution in [0.1, 0.15) is 44.6 Å². The number of likely N-dealkylation sites (tertiary alicyclic amines) is 1. The van der Waals surface area contributed by atoms with Crippen LogP contribution in [0.4, 0.5) is 11.6 Å². The van der Waals surface area contributed by atoms with Gasteiger partial charge in [-0.05, 0) is 86.3 Å². The second kappa shape index (κ2) is 12.6. The van der Waals surface area contributed by atoms with Gasteiger partial charge in [0.1, 0.15) is 22.9 Å². The number of imidazole rings is 2. The molecule has 0 radical (unpaired) electrons. The lowest BCUT2D eigenvalue weighted by atomic mass is 10.0. The first-order valence-corrected chi connectivity index (χ1v) is 15.8. The highest BCUT2D eigenvalue weighted by Gasteiger charge is 2.13. The normalized spacial score (nSPS) is 13.7. The molecule has 0 saturated carbocycles. The summed E-state index contributed by atoms with van der Waals surface area (Å²) in [6.07, 6.45) is 5.40. The number of rotatable bonds is 11. The number of aromatic nitrogens is 5. The zero-order chi connectivity index (χ0) is 30.8. The summed E-state index contributed by atoms with van der Waals surface area (Å²) in [7, 11) is 2.01. The van der Waals surface area contributed by atoms with E-state index >= 15 is 0 Å². The molecule has 0 spiro atoms. The summed E-state index contributed by atoms with van der Waals surface area (Å²) in [5.74, 6) is 4.12. The molecule has 2 N–H and O–H groups in total. The van der Waals surface area contributed by atoms with Gasteiger partial charge in [0, 0.05) is 43.7 Å². The van der Waals surface area contributed by atoms with Crippen LogP contribution in [0.2, 0.25) is 0 Å². The van der Waals surface area contributed by atoms with Gasteiger partial charge in [-0.15, -0.1) is 0 Å². The Morgan fingerprint density at radius 2 is 1.73 bits per heavy atom. The molecule has 3 aromatic carbocycles. The SMILES string of the molecule is CC(C)c1cccc(Nc2nc3cc(Oc4ccnc(-c5nc6ccc(OCCCN7CCCC7)cc6[nH]5)c4)ccc3n2C)c1. The highest BCUT2D eigenvalue weighted by molar-refractivity contribution is 5.82. The molecule has 0 bridgehead atoms. The van der Waals surface area contributed by atoms with Gasteiger partial charge in [-0.25, -0.2) is 9.97 Å². The van der Waals surface area contributed by atoms with Gasteiger partial charge in [0.05, 0.1) is 28.7 Å². The van der Waals surface area contributed by atoms with Gasteiger partial charge in [0.15, 0.2) is 5.82 Å². The van der Waals surface area contributed by atoms with Crippen molar-refractivity contribution in [1.82, 2.24) is 29.4 Å². The molecule has 1 aliphatic heterocycles. The molecule has 1 fully saturated rings. The highest BCUT2D eigenvalue weighted by Crippen LogP contribution is 2.31. The lowest BCUT2D eigenvalue weighted by molar-refractivity contribution is 0.263. The molecule has 9 nitrogen and oxygen atoms in total. The first kappa shape index (κ1) is 28.9. The first-order chi connectivity index (χ1) is 22.0. The average molecular weight is 602 g/mol. The molecule has 0 amide bonds. The Labute approximate surface area is 263 Å². The number of pyridine rings is 1. The zero-order valence-corrected chi connectivity index (χ0v) is 26.1. The maximum atomic E-state index is 6.27. The number of ether oxygens (including phenoxy) is 2. The summed E-state index contributed by atoms with van der Waals surface area (Å²) in [5, 5.41) is 3.47. The van der Waals surface area contributed by atoms with Gasteiger partial charge in [-0.3, -0.25) is 4.98 Å². The van der Waals surface area contributed by atoms with Gasteiger partial charge < -0.3 is 29.2 Å².